The topological polar surface area (TPSA) is 66.0 Å². The van der Waals surface area contributed by atoms with Crippen molar-refractivity contribution < 1.29 is 13.9 Å². The molecule has 0 spiro atoms. The first-order chi connectivity index (χ1) is 12.2. The lowest BCUT2D eigenvalue weighted by atomic mass is 10.1. The Labute approximate surface area is 143 Å². The van der Waals surface area contributed by atoms with Crippen LogP contribution in [-0.2, 0) is 0 Å². The Kier molecular flexibility index (Phi) is 4.60. The van der Waals surface area contributed by atoms with Crippen LogP contribution in [-0.4, -0.2) is 0 Å². The van der Waals surface area contributed by atoms with Crippen LogP contribution in [0.4, 0.5) is 4.39 Å². The largest absolute Gasteiger partial charge is 0.457 e. The van der Waals surface area contributed by atoms with Gasteiger partial charge in [-0.25, -0.2) is 4.39 Å². The molecule has 3 rings (SSSR count). The second kappa shape index (κ2) is 7.16. The predicted octanol–water partition coefficient (Wildman–Crippen LogP) is 5.15. The molecule has 0 unspecified atom stereocenters. The molecule has 0 atom stereocenters. The molecule has 120 valence electrons. The van der Waals surface area contributed by atoms with Gasteiger partial charge in [-0.2, -0.15) is 10.5 Å². The molecule has 5 heteroatoms. The van der Waals surface area contributed by atoms with Crippen molar-refractivity contribution >= 4 is 0 Å². The average molecular weight is 330 g/mol. The van der Waals surface area contributed by atoms with Gasteiger partial charge in [0.2, 0.25) is 0 Å². The number of hydrogen-bond donors (Lipinski definition) is 0. The smallest absolute Gasteiger partial charge is 0.131 e. The summed E-state index contributed by atoms with van der Waals surface area (Å²) in [4.78, 5) is 0. The summed E-state index contributed by atoms with van der Waals surface area (Å²) in [6.07, 6.45) is 0. The fourth-order valence-electron chi connectivity index (χ4n) is 2.18. The van der Waals surface area contributed by atoms with E-state index in [9.17, 15) is 4.39 Å². The summed E-state index contributed by atoms with van der Waals surface area (Å²) < 4.78 is 24.5. The Morgan fingerprint density at radius 2 is 1.20 bits per heavy atom. The summed E-state index contributed by atoms with van der Waals surface area (Å²) in [6.45, 7) is 0. The third-order valence-corrected chi connectivity index (χ3v) is 3.30. The first kappa shape index (κ1) is 16.0. The van der Waals surface area contributed by atoms with Crippen molar-refractivity contribution in [2.45, 2.75) is 0 Å². The van der Waals surface area contributed by atoms with Crippen LogP contribution in [0.25, 0.3) is 0 Å². The van der Waals surface area contributed by atoms with Crippen LogP contribution in [0, 0.1) is 28.5 Å². The molecule has 0 radical (unpaired) electrons. The molecule has 0 heterocycles. The Morgan fingerprint density at radius 1 is 0.640 bits per heavy atom. The predicted molar refractivity (Wildman–Crippen MR) is 88.9 cm³/mol. The summed E-state index contributed by atoms with van der Waals surface area (Å²) in [7, 11) is 0. The van der Waals surface area contributed by atoms with E-state index in [1.54, 1.807) is 42.5 Å². The van der Waals surface area contributed by atoms with Crippen LogP contribution in [0.3, 0.4) is 0 Å². The van der Waals surface area contributed by atoms with Gasteiger partial charge < -0.3 is 9.47 Å². The van der Waals surface area contributed by atoms with E-state index >= 15 is 0 Å². The van der Waals surface area contributed by atoms with Gasteiger partial charge in [-0.1, -0.05) is 12.1 Å². The van der Waals surface area contributed by atoms with E-state index in [1.165, 1.54) is 24.3 Å². The van der Waals surface area contributed by atoms with E-state index in [2.05, 4.69) is 0 Å². The number of halogens is 1. The molecule has 0 aliphatic carbocycles. The summed E-state index contributed by atoms with van der Waals surface area (Å²) in [5.74, 6) is 1.40. The maximum atomic E-state index is 13.2. The van der Waals surface area contributed by atoms with Gasteiger partial charge in [-0.3, -0.25) is 0 Å². The molecule has 0 bridgehead atoms. The lowest BCUT2D eigenvalue weighted by Crippen LogP contribution is -1.90. The van der Waals surface area contributed by atoms with Crippen LogP contribution < -0.4 is 9.47 Å². The fourth-order valence-corrected chi connectivity index (χ4v) is 2.18. The van der Waals surface area contributed by atoms with E-state index in [0.29, 0.717) is 23.0 Å². The second-order valence-corrected chi connectivity index (χ2v) is 5.07. The molecule has 0 N–H and O–H groups in total. The third-order valence-electron chi connectivity index (χ3n) is 3.30. The Hall–Kier alpha value is -3.83. The summed E-state index contributed by atoms with van der Waals surface area (Å²) in [5, 5.41) is 18.0. The Bertz CT molecular complexity index is 1000. The lowest BCUT2D eigenvalue weighted by molar-refractivity contribution is 0.458. The zero-order valence-electron chi connectivity index (χ0n) is 12.9. The second-order valence-electron chi connectivity index (χ2n) is 5.07. The molecule has 3 aromatic carbocycles. The molecule has 0 saturated carbocycles. The molecular weight excluding hydrogens is 319 g/mol. The van der Waals surface area contributed by atoms with Gasteiger partial charge in [0.15, 0.2) is 0 Å². The molecule has 25 heavy (non-hydrogen) atoms. The minimum atomic E-state index is -0.383. The highest BCUT2D eigenvalue weighted by Crippen LogP contribution is 2.29. The number of ether oxygens (including phenoxy) is 2. The number of rotatable bonds is 4. The van der Waals surface area contributed by atoms with Gasteiger partial charge in [0.1, 0.15) is 41.0 Å². The molecule has 0 fully saturated rings. The number of hydrogen-bond acceptors (Lipinski definition) is 4. The van der Waals surface area contributed by atoms with Crippen molar-refractivity contribution in [1.29, 1.82) is 10.5 Å². The van der Waals surface area contributed by atoms with Crippen molar-refractivity contribution in [3.63, 3.8) is 0 Å². The van der Waals surface area contributed by atoms with Crippen molar-refractivity contribution in [2.24, 2.45) is 0 Å². The molecule has 4 nitrogen and oxygen atoms in total. The van der Waals surface area contributed by atoms with E-state index in [4.69, 9.17) is 20.0 Å². The third kappa shape index (κ3) is 3.93. The molecule has 3 aromatic rings. The van der Waals surface area contributed by atoms with Gasteiger partial charge in [-0.15, -0.1) is 0 Å². The Balaban J connectivity index is 1.80. The van der Waals surface area contributed by atoms with Crippen molar-refractivity contribution in [1.82, 2.24) is 0 Å². The van der Waals surface area contributed by atoms with E-state index in [0.717, 1.165) is 0 Å². The monoisotopic (exact) mass is 330 g/mol. The number of nitriles is 2. The molecule has 0 aliphatic rings. The standard InChI is InChI=1S/C20H11FN2O2/c21-16-3-1-4-17(10-16)24-18-5-2-6-19(11-18)25-20-8-7-14(12-22)15(9-20)13-23/h1-11H. The van der Waals surface area contributed by atoms with Crippen LogP contribution in [0.1, 0.15) is 11.1 Å². The van der Waals surface area contributed by atoms with E-state index in [1.807, 2.05) is 12.1 Å². The molecular formula is C20H11FN2O2. The molecule has 0 amide bonds. The Morgan fingerprint density at radius 3 is 1.80 bits per heavy atom. The minimum absolute atomic E-state index is 0.243. The first-order valence-corrected chi connectivity index (χ1v) is 7.33. The summed E-state index contributed by atoms with van der Waals surface area (Å²) >= 11 is 0. The van der Waals surface area contributed by atoms with Gasteiger partial charge in [-0.05, 0) is 42.5 Å². The maximum Gasteiger partial charge on any atom is 0.131 e. The van der Waals surface area contributed by atoms with Gasteiger partial charge in [0, 0.05) is 12.1 Å². The van der Waals surface area contributed by atoms with Crippen molar-refractivity contribution in [3.05, 3.63) is 83.7 Å². The van der Waals surface area contributed by atoms with Crippen molar-refractivity contribution in [2.75, 3.05) is 0 Å². The normalized spacial score (nSPS) is 9.72. The highest BCUT2D eigenvalue weighted by molar-refractivity contribution is 5.50. The average Bonchev–Trinajstić information content (AvgIpc) is 2.62. The quantitative estimate of drug-likeness (QED) is 0.663. The van der Waals surface area contributed by atoms with Crippen LogP contribution in [0.15, 0.2) is 66.7 Å². The SMILES string of the molecule is N#Cc1ccc(Oc2cccc(Oc3cccc(F)c3)c2)cc1C#N. The van der Waals surface area contributed by atoms with Crippen LogP contribution in [0.5, 0.6) is 23.0 Å². The van der Waals surface area contributed by atoms with Gasteiger partial charge >= 0.3 is 0 Å². The molecule has 0 aromatic heterocycles. The lowest BCUT2D eigenvalue weighted by Gasteiger charge is -2.09. The van der Waals surface area contributed by atoms with Crippen molar-refractivity contribution in [3.8, 4) is 35.1 Å². The van der Waals surface area contributed by atoms with Gasteiger partial charge in [0.25, 0.3) is 0 Å². The zero-order valence-corrected chi connectivity index (χ0v) is 12.9. The summed E-state index contributed by atoms with van der Waals surface area (Å²) in [5.41, 5.74) is 0.533. The summed E-state index contributed by atoms with van der Waals surface area (Å²) in [6, 6.07) is 21.2. The highest BCUT2D eigenvalue weighted by Gasteiger charge is 2.06. The number of nitrogens with zero attached hydrogens (tertiary/aromatic N) is 2. The van der Waals surface area contributed by atoms with Crippen LogP contribution in [0.2, 0.25) is 0 Å². The van der Waals surface area contributed by atoms with Crippen LogP contribution >= 0.6 is 0 Å². The van der Waals surface area contributed by atoms with E-state index in [-0.39, 0.29) is 16.9 Å². The highest BCUT2D eigenvalue weighted by atomic mass is 19.1. The molecule has 0 saturated heterocycles. The minimum Gasteiger partial charge on any atom is -0.457 e. The van der Waals surface area contributed by atoms with Gasteiger partial charge in [0.05, 0.1) is 11.1 Å². The van der Waals surface area contributed by atoms with E-state index < -0.39 is 0 Å². The fraction of sp³-hybridized carbons (Fsp3) is 0. The number of benzene rings is 3. The maximum absolute atomic E-state index is 13.2. The zero-order chi connectivity index (χ0) is 17.6. The molecule has 0 aliphatic heterocycles. The first-order valence-electron chi connectivity index (χ1n) is 7.33.